The topological polar surface area (TPSA) is 120 Å². The van der Waals surface area contributed by atoms with Crippen molar-refractivity contribution in [3.05, 3.63) is 27.9 Å². The molecule has 1 N–H and O–H groups in total. The Balaban J connectivity index is 2.12. The van der Waals surface area contributed by atoms with Crippen molar-refractivity contribution in [2.75, 3.05) is 18.0 Å². The Bertz CT molecular complexity index is 604. The van der Waals surface area contributed by atoms with Crippen LogP contribution < -0.4 is 4.90 Å². The lowest BCUT2D eigenvalue weighted by atomic mass is 9.87. The fraction of sp³-hybridized carbons (Fsp3) is 0.417. The molecule has 0 saturated carbocycles. The van der Waals surface area contributed by atoms with Gasteiger partial charge in [-0.1, -0.05) is 6.92 Å². The molecular weight excluding hydrogens is 264 g/mol. The maximum Gasteiger partial charge on any atom is 0.306 e. The van der Waals surface area contributed by atoms with E-state index in [0.29, 0.717) is 18.9 Å². The van der Waals surface area contributed by atoms with Crippen molar-refractivity contribution in [1.82, 2.24) is 4.98 Å². The smallest absolute Gasteiger partial charge is 0.306 e. The van der Waals surface area contributed by atoms with Crippen molar-refractivity contribution in [2.45, 2.75) is 6.92 Å². The van der Waals surface area contributed by atoms with Crippen LogP contribution >= 0.6 is 0 Å². The minimum Gasteiger partial charge on any atom is -0.481 e. The van der Waals surface area contributed by atoms with Crippen LogP contribution in [0.3, 0.4) is 0 Å². The minimum atomic E-state index is -0.843. The molecule has 0 spiro atoms. The van der Waals surface area contributed by atoms with Gasteiger partial charge in [-0.3, -0.25) is 14.9 Å². The van der Waals surface area contributed by atoms with Crippen LogP contribution in [0.4, 0.5) is 11.5 Å². The first-order valence-corrected chi connectivity index (χ1v) is 5.97. The van der Waals surface area contributed by atoms with Crippen LogP contribution in [0.15, 0.2) is 12.1 Å². The lowest BCUT2D eigenvalue weighted by Crippen LogP contribution is -2.51. The van der Waals surface area contributed by atoms with E-state index in [0.717, 1.165) is 0 Å². The van der Waals surface area contributed by atoms with Gasteiger partial charge in [0.25, 0.3) is 0 Å². The molecule has 2 heterocycles. The van der Waals surface area contributed by atoms with Gasteiger partial charge in [0.05, 0.1) is 10.8 Å². The zero-order valence-corrected chi connectivity index (χ0v) is 10.7. The van der Waals surface area contributed by atoms with Crippen LogP contribution in [0.1, 0.15) is 12.6 Å². The average Bonchev–Trinajstić information content (AvgIpc) is 2.36. The first kappa shape index (κ1) is 13.7. The van der Waals surface area contributed by atoms with Gasteiger partial charge in [-0.15, -0.1) is 0 Å². The quantitative estimate of drug-likeness (QED) is 0.643. The van der Waals surface area contributed by atoms with E-state index in [1.54, 1.807) is 17.9 Å². The van der Waals surface area contributed by atoms with Crippen LogP contribution in [-0.4, -0.2) is 34.1 Å². The third-order valence-electron chi connectivity index (χ3n) is 3.49. The van der Waals surface area contributed by atoms with E-state index in [2.05, 4.69) is 4.98 Å². The molecule has 1 aliphatic heterocycles. The summed E-state index contributed by atoms with van der Waals surface area (Å²) in [6, 6.07) is 4.42. The Hall–Kier alpha value is -2.69. The number of nitrogens with zero attached hydrogens (tertiary/aromatic N) is 4. The largest absolute Gasteiger partial charge is 0.481 e. The second-order valence-corrected chi connectivity index (χ2v) is 4.70. The SMILES string of the molecule is CC(C(=O)O)C1CN(c2ccc([N+](=O)[O-])c(C#N)n2)C1. The van der Waals surface area contributed by atoms with Gasteiger partial charge < -0.3 is 10.0 Å². The Morgan fingerprint density at radius 2 is 2.30 bits per heavy atom. The summed E-state index contributed by atoms with van der Waals surface area (Å²) in [5.74, 6) is -0.806. The lowest BCUT2D eigenvalue weighted by Gasteiger charge is -2.42. The summed E-state index contributed by atoms with van der Waals surface area (Å²) in [7, 11) is 0. The molecule has 1 fully saturated rings. The monoisotopic (exact) mass is 276 g/mol. The first-order chi connectivity index (χ1) is 9.43. The van der Waals surface area contributed by atoms with E-state index in [1.807, 2.05) is 0 Å². The zero-order chi connectivity index (χ0) is 14.9. The number of pyridine rings is 1. The number of carbonyl (C=O) groups is 1. The second-order valence-electron chi connectivity index (χ2n) is 4.70. The predicted octanol–water partition coefficient (Wildman–Crippen LogP) is 1.02. The highest BCUT2D eigenvalue weighted by Crippen LogP contribution is 2.29. The highest BCUT2D eigenvalue weighted by atomic mass is 16.6. The van der Waals surface area contributed by atoms with Crippen molar-refractivity contribution >= 4 is 17.5 Å². The molecule has 20 heavy (non-hydrogen) atoms. The number of carboxylic acids is 1. The second kappa shape index (κ2) is 5.13. The van der Waals surface area contributed by atoms with E-state index in [4.69, 9.17) is 10.4 Å². The van der Waals surface area contributed by atoms with Crippen LogP contribution in [0.2, 0.25) is 0 Å². The maximum atomic E-state index is 10.8. The Morgan fingerprint density at radius 3 is 2.80 bits per heavy atom. The maximum absolute atomic E-state index is 10.8. The fourth-order valence-corrected chi connectivity index (χ4v) is 2.06. The molecular formula is C12H12N4O4. The van der Waals surface area contributed by atoms with Gasteiger partial charge in [-0.05, 0) is 6.07 Å². The van der Waals surface area contributed by atoms with Crippen molar-refractivity contribution < 1.29 is 14.8 Å². The molecule has 1 atom stereocenters. The number of nitriles is 1. The van der Waals surface area contributed by atoms with Gasteiger partial charge in [-0.25, -0.2) is 4.98 Å². The van der Waals surface area contributed by atoms with Crippen LogP contribution in [0, 0.1) is 33.3 Å². The van der Waals surface area contributed by atoms with Crippen molar-refractivity contribution in [1.29, 1.82) is 5.26 Å². The molecule has 0 radical (unpaired) electrons. The number of aliphatic carboxylic acids is 1. The summed E-state index contributed by atoms with van der Waals surface area (Å²) in [4.78, 5) is 26.6. The van der Waals surface area contributed by atoms with Gasteiger partial charge in [0.1, 0.15) is 11.9 Å². The highest BCUT2D eigenvalue weighted by Gasteiger charge is 2.35. The summed E-state index contributed by atoms with van der Waals surface area (Å²) >= 11 is 0. The van der Waals surface area contributed by atoms with Crippen LogP contribution in [-0.2, 0) is 4.79 Å². The molecule has 1 aliphatic rings. The Labute approximate surface area is 114 Å². The molecule has 8 heteroatoms. The fourth-order valence-electron chi connectivity index (χ4n) is 2.06. The molecule has 8 nitrogen and oxygen atoms in total. The molecule has 0 amide bonds. The Kier molecular flexibility index (Phi) is 3.52. The van der Waals surface area contributed by atoms with E-state index in [1.165, 1.54) is 12.1 Å². The molecule has 1 saturated heterocycles. The van der Waals surface area contributed by atoms with Gasteiger partial charge >= 0.3 is 11.7 Å². The van der Waals surface area contributed by atoms with Crippen LogP contribution in [0.5, 0.6) is 0 Å². The van der Waals surface area contributed by atoms with Gasteiger partial charge in [0.15, 0.2) is 0 Å². The molecule has 0 aliphatic carbocycles. The number of anilines is 1. The third kappa shape index (κ3) is 2.38. The van der Waals surface area contributed by atoms with Crippen LogP contribution in [0.25, 0.3) is 0 Å². The molecule has 0 aromatic carbocycles. The minimum absolute atomic E-state index is 0.0232. The molecule has 1 aromatic heterocycles. The molecule has 1 aromatic rings. The first-order valence-electron chi connectivity index (χ1n) is 5.97. The van der Waals surface area contributed by atoms with Gasteiger partial charge in [-0.2, -0.15) is 5.26 Å². The normalized spacial score (nSPS) is 16.1. The number of hydrogen-bond donors (Lipinski definition) is 1. The van der Waals surface area contributed by atoms with Crippen molar-refractivity contribution in [3.8, 4) is 6.07 Å². The zero-order valence-electron chi connectivity index (χ0n) is 10.7. The van der Waals surface area contributed by atoms with Gasteiger partial charge in [0.2, 0.25) is 5.69 Å². The highest BCUT2D eigenvalue weighted by molar-refractivity contribution is 5.70. The summed E-state index contributed by atoms with van der Waals surface area (Å²) in [6.45, 7) is 2.68. The summed E-state index contributed by atoms with van der Waals surface area (Å²) in [5.41, 5.74) is -0.561. The summed E-state index contributed by atoms with van der Waals surface area (Å²) in [5, 5.41) is 28.5. The summed E-state index contributed by atoms with van der Waals surface area (Å²) < 4.78 is 0. The van der Waals surface area contributed by atoms with Gasteiger partial charge in [0, 0.05) is 25.1 Å². The van der Waals surface area contributed by atoms with E-state index >= 15 is 0 Å². The molecule has 0 bridgehead atoms. The van der Waals surface area contributed by atoms with Crippen molar-refractivity contribution in [3.63, 3.8) is 0 Å². The molecule has 2 rings (SSSR count). The van der Waals surface area contributed by atoms with Crippen molar-refractivity contribution in [2.24, 2.45) is 11.8 Å². The third-order valence-corrected chi connectivity index (χ3v) is 3.49. The van der Waals surface area contributed by atoms with E-state index in [9.17, 15) is 14.9 Å². The lowest BCUT2D eigenvalue weighted by molar-refractivity contribution is -0.385. The number of rotatable bonds is 4. The number of aromatic nitrogens is 1. The Morgan fingerprint density at radius 1 is 1.65 bits per heavy atom. The molecule has 104 valence electrons. The van der Waals surface area contributed by atoms with E-state index in [-0.39, 0.29) is 17.3 Å². The number of nitro groups is 1. The summed E-state index contributed by atoms with van der Waals surface area (Å²) in [6.07, 6.45) is 0. The average molecular weight is 276 g/mol. The predicted molar refractivity (Wildman–Crippen MR) is 68.1 cm³/mol. The number of hydrogen-bond acceptors (Lipinski definition) is 6. The van der Waals surface area contributed by atoms with E-state index < -0.39 is 16.8 Å². The standard InChI is InChI=1S/C12H12N4O4/c1-7(12(17)18)8-5-15(6-8)11-3-2-10(16(19)20)9(4-13)14-11/h2-3,7-8H,5-6H2,1H3,(H,17,18). The molecule has 1 unspecified atom stereocenters. The number of carboxylic acid groups (broad SMARTS) is 1.